The minimum absolute atomic E-state index is 0.247. The molecule has 2 saturated carbocycles. The maximum atomic E-state index is 13.7. The smallest absolute Gasteiger partial charge is 0.165 e. The molecule has 3 rings (SSSR count). The van der Waals surface area contributed by atoms with Crippen LogP contribution in [0, 0.1) is 23.1 Å². The van der Waals surface area contributed by atoms with E-state index >= 15 is 0 Å². The van der Waals surface area contributed by atoms with E-state index < -0.39 is 0 Å². The fourth-order valence-electron chi connectivity index (χ4n) is 3.56. The first-order valence-electron chi connectivity index (χ1n) is 6.54. The summed E-state index contributed by atoms with van der Waals surface area (Å²) in [6.07, 6.45) is 5.00. The topological polar surface area (TPSA) is 9.23 Å². The molecule has 0 amide bonds. The highest BCUT2D eigenvalue weighted by molar-refractivity contribution is 9.09. The van der Waals surface area contributed by atoms with E-state index in [1.165, 1.54) is 26.4 Å². The van der Waals surface area contributed by atoms with E-state index in [0.717, 1.165) is 29.2 Å². The largest absolute Gasteiger partial charge is 0.494 e. The molecule has 0 saturated heterocycles. The quantitative estimate of drug-likeness (QED) is 0.758. The van der Waals surface area contributed by atoms with E-state index in [4.69, 9.17) is 4.74 Å². The van der Waals surface area contributed by atoms with Crippen LogP contribution >= 0.6 is 15.9 Å². The Hall–Kier alpha value is -0.570. The average Bonchev–Trinajstić information content (AvgIpc) is 2.98. The number of fused-ring (bicyclic) bond motifs is 1. The van der Waals surface area contributed by atoms with Crippen molar-refractivity contribution in [3.05, 3.63) is 29.6 Å². The van der Waals surface area contributed by atoms with Crippen LogP contribution < -0.4 is 4.74 Å². The van der Waals surface area contributed by atoms with Crippen LogP contribution in [0.2, 0.25) is 0 Å². The van der Waals surface area contributed by atoms with Crippen molar-refractivity contribution in [3.8, 4) is 5.75 Å². The van der Waals surface area contributed by atoms with E-state index in [0.29, 0.717) is 11.2 Å². The Kier molecular flexibility index (Phi) is 3.13. The second kappa shape index (κ2) is 4.52. The summed E-state index contributed by atoms with van der Waals surface area (Å²) in [6, 6.07) is 5.37. The molecule has 3 heteroatoms. The molecule has 98 valence electrons. The van der Waals surface area contributed by atoms with Crippen LogP contribution in [0.15, 0.2) is 18.2 Å². The molecule has 18 heavy (non-hydrogen) atoms. The summed E-state index contributed by atoms with van der Waals surface area (Å²) in [7, 11) is 1.50. The molecule has 1 nitrogen and oxygen atoms in total. The zero-order valence-corrected chi connectivity index (χ0v) is 12.2. The molecular formula is C15H18BrFO. The number of ether oxygens (including phenoxy) is 1. The predicted octanol–water partition coefficient (Wildman–Crippen LogP) is 4.19. The van der Waals surface area contributed by atoms with Gasteiger partial charge in [-0.2, -0.15) is 0 Å². The van der Waals surface area contributed by atoms with Crippen LogP contribution in [-0.4, -0.2) is 12.4 Å². The number of benzene rings is 1. The van der Waals surface area contributed by atoms with Gasteiger partial charge in [0.1, 0.15) is 0 Å². The van der Waals surface area contributed by atoms with Crippen molar-refractivity contribution < 1.29 is 9.13 Å². The molecule has 2 atom stereocenters. The van der Waals surface area contributed by atoms with Crippen LogP contribution in [0.25, 0.3) is 0 Å². The lowest BCUT2D eigenvalue weighted by Gasteiger charge is -2.29. The van der Waals surface area contributed by atoms with Crippen molar-refractivity contribution in [2.45, 2.75) is 25.7 Å². The summed E-state index contributed by atoms with van der Waals surface area (Å²) < 4.78 is 18.7. The summed E-state index contributed by atoms with van der Waals surface area (Å²) in [5.41, 5.74) is 1.45. The fourth-order valence-corrected chi connectivity index (χ4v) is 4.22. The lowest BCUT2D eigenvalue weighted by Crippen LogP contribution is -2.23. The van der Waals surface area contributed by atoms with Gasteiger partial charge in [0, 0.05) is 5.33 Å². The Morgan fingerprint density at radius 2 is 2.11 bits per heavy atom. The van der Waals surface area contributed by atoms with Crippen LogP contribution in [0.5, 0.6) is 5.75 Å². The van der Waals surface area contributed by atoms with Crippen molar-refractivity contribution in [3.63, 3.8) is 0 Å². The Morgan fingerprint density at radius 1 is 1.39 bits per heavy atom. The van der Waals surface area contributed by atoms with E-state index in [9.17, 15) is 4.39 Å². The van der Waals surface area contributed by atoms with Crippen molar-refractivity contribution in [1.29, 1.82) is 0 Å². The van der Waals surface area contributed by atoms with Gasteiger partial charge >= 0.3 is 0 Å². The highest BCUT2D eigenvalue weighted by Gasteiger charge is 2.52. The van der Waals surface area contributed by atoms with Gasteiger partial charge < -0.3 is 4.74 Å². The molecule has 0 radical (unpaired) electrons. The third-order valence-corrected chi connectivity index (χ3v) is 5.73. The predicted molar refractivity (Wildman–Crippen MR) is 73.7 cm³/mol. The van der Waals surface area contributed by atoms with Gasteiger partial charge in [0.25, 0.3) is 0 Å². The van der Waals surface area contributed by atoms with Crippen molar-refractivity contribution in [1.82, 2.24) is 0 Å². The van der Waals surface area contributed by atoms with E-state index in [2.05, 4.69) is 15.9 Å². The molecule has 1 aromatic rings. The fraction of sp³-hybridized carbons (Fsp3) is 0.600. The summed E-state index contributed by atoms with van der Waals surface area (Å²) in [6.45, 7) is 0. The summed E-state index contributed by atoms with van der Waals surface area (Å²) in [4.78, 5) is 0. The molecule has 0 aliphatic heterocycles. The van der Waals surface area contributed by atoms with Crippen molar-refractivity contribution in [2.75, 3.05) is 12.4 Å². The molecule has 2 fully saturated rings. The summed E-state index contributed by atoms with van der Waals surface area (Å²) in [5, 5.41) is 1.03. The van der Waals surface area contributed by atoms with Crippen molar-refractivity contribution >= 4 is 15.9 Å². The Balaban J connectivity index is 1.77. The summed E-state index contributed by atoms with van der Waals surface area (Å²) >= 11 is 3.67. The number of rotatable bonds is 4. The third kappa shape index (κ3) is 2.18. The number of halogens is 2. The first-order valence-corrected chi connectivity index (χ1v) is 7.66. The number of hydrogen-bond donors (Lipinski definition) is 0. The zero-order chi connectivity index (χ0) is 12.8. The standard InChI is InChI=1S/C15H18BrFO/c1-18-14-3-2-10(4-13(14)17)6-15(9-16)7-11-5-12(11)8-15/h2-4,11-12H,5-9H2,1H3. The van der Waals surface area contributed by atoms with Gasteiger partial charge in [0.15, 0.2) is 11.6 Å². The lowest BCUT2D eigenvalue weighted by molar-refractivity contribution is 0.307. The van der Waals surface area contributed by atoms with E-state index in [-0.39, 0.29) is 5.82 Å². The molecule has 2 unspecified atom stereocenters. The van der Waals surface area contributed by atoms with Crippen LogP contribution in [0.3, 0.4) is 0 Å². The van der Waals surface area contributed by atoms with Crippen LogP contribution in [0.4, 0.5) is 4.39 Å². The third-order valence-electron chi connectivity index (χ3n) is 4.54. The van der Waals surface area contributed by atoms with Gasteiger partial charge in [0.2, 0.25) is 0 Å². The maximum absolute atomic E-state index is 13.7. The van der Waals surface area contributed by atoms with Gasteiger partial charge in [0.05, 0.1) is 7.11 Å². The first-order chi connectivity index (χ1) is 8.65. The zero-order valence-electron chi connectivity index (χ0n) is 10.6. The molecule has 0 heterocycles. The SMILES string of the molecule is COc1ccc(CC2(CBr)CC3CC3C2)cc1F. The minimum atomic E-state index is -0.247. The highest BCUT2D eigenvalue weighted by Crippen LogP contribution is 2.61. The second-order valence-electron chi connectivity index (χ2n) is 5.94. The van der Waals surface area contributed by atoms with Gasteiger partial charge in [-0.15, -0.1) is 0 Å². The average molecular weight is 313 g/mol. The molecule has 0 N–H and O–H groups in total. The number of methoxy groups -OCH3 is 1. The monoisotopic (exact) mass is 312 g/mol. The van der Waals surface area contributed by atoms with Crippen LogP contribution in [0.1, 0.15) is 24.8 Å². The highest BCUT2D eigenvalue weighted by atomic mass is 79.9. The van der Waals surface area contributed by atoms with E-state index in [1.807, 2.05) is 6.07 Å². The number of alkyl halides is 1. The second-order valence-corrected chi connectivity index (χ2v) is 6.50. The maximum Gasteiger partial charge on any atom is 0.165 e. The molecule has 0 bridgehead atoms. The van der Waals surface area contributed by atoms with Gasteiger partial charge in [-0.3, -0.25) is 0 Å². The molecular weight excluding hydrogens is 295 g/mol. The normalized spacial score (nSPS) is 33.3. The Bertz CT molecular complexity index is 450. The molecule has 0 spiro atoms. The summed E-state index contributed by atoms with van der Waals surface area (Å²) in [5.74, 6) is 1.99. The molecule has 1 aromatic carbocycles. The van der Waals surface area contributed by atoms with Crippen LogP contribution in [-0.2, 0) is 6.42 Å². The Morgan fingerprint density at radius 3 is 2.67 bits per heavy atom. The molecule has 2 aliphatic rings. The minimum Gasteiger partial charge on any atom is -0.494 e. The first kappa shape index (κ1) is 12.5. The van der Waals surface area contributed by atoms with Gasteiger partial charge in [-0.05, 0) is 60.6 Å². The number of hydrogen-bond acceptors (Lipinski definition) is 1. The lowest BCUT2D eigenvalue weighted by atomic mass is 9.79. The van der Waals surface area contributed by atoms with Crippen molar-refractivity contribution in [2.24, 2.45) is 17.3 Å². The van der Waals surface area contributed by atoms with Gasteiger partial charge in [-0.25, -0.2) is 4.39 Å². The Labute approximate surface area is 116 Å². The van der Waals surface area contributed by atoms with Gasteiger partial charge in [-0.1, -0.05) is 22.0 Å². The molecule has 0 aromatic heterocycles. The van der Waals surface area contributed by atoms with E-state index in [1.54, 1.807) is 12.1 Å². The molecule has 2 aliphatic carbocycles.